The van der Waals surface area contributed by atoms with Gasteiger partial charge in [0.2, 0.25) is 10.0 Å². The Morgan fingerprint density at radius 3 is 2.10 bits per heavy atom. The van der Waals surface area contributed by atoms with Crippen molar-refractivity contribution in [2.75, 3.05) is 12.4 Å². The minimum Gasteiger partial charge on any atom is -0.383 e. The number of aliphatic hydroxyl groups is 2. The van der Waals surface area contributed by atoms with Crippen LogP contribution in [0.25, 0.3) is 0 Å². The molecule has 0 radical (unpaired) electrons. The molecule has 9 nitrogen and oxygen atoms in total. The summed E-state index contributed by atoms with van der Waals surface area (Å²) in [6, 6.07) is 4.39. The molecule has 1 heterocycles. The van der Waals surface area contributed by atoms with Crippen LogP contribution in [0.5, 0.6) is 0 Å². The van der Waals surface area contributed by atoms with E-state index in [4.69, 9.17) is 0 Å². The van der Waals surface area contributed by atoms with E-state index in [-0.39, 0.29) is 34.7 Å². The molecule has 4 N–H and O–H groups in total. The maximum Gasteiger partial charge on any atom is 0.430 e. The zero-order chi connectivity index (χ0) is 29.6. The van der Waals surface area contributed by atoms with E-state index in [0.29, 0.717) is 24.3 Å². The molecule has 1 unspecified atom stereocenters. The molecule has 0 saturated carbocycles. The number of nitrogens with one attached hydrogen (secondary N) is 2. The SMILES string of the molecule is CC[C@@H](O)C(=O)N1Cc2cc(S(=O)(=O)NC)ccc2C1C(=O)Nc1ccc(C(O)(C(F)(F)F)C(F)(F)F)cc1. The standard InChI is InChI=1S/C23H23F6N3O6S/c1-3-17(33)20(35)32-11-12-10-15(39(37,38)30-2)8-9-16(12)18(32)19(34)31-14-6-4-13(5-7-14)21(36,22(24,25)26)23(27,28)29/h4-10,17-18,30,33,36H,3,11H2,1-2H3,(H,31,34)/t17-,18?/m1/s1. The third-order valence-electron chi connectivity index (χ3n) is 6.23. The van der Waals surface area contributed by atoms with Gasteiger partial charge in [-0.3, -0.25) is 9.59 Å². The molecule has 0 spiro atoms. The molecule has 2 aromatic carbocycles. The van der Waals surface area contributed by atoms with Gasteiger partial charge in [0.25, 0.3) is 17.4 Å². The fourth-order valence-electron chi connectivity index (χ4n) is 4.06. The first-order valence-corrected chi connectivity index (χ1v) is 12.7. The van der Waals surface area contributed by atoms with Crippen LogP contribution < -0.4 is 10.0 Å². The highest BCUT2D eigenvalue weighted by atomic mass is 32.2. The first kappa shape index (κ1) is 30.3. The lowest BCUT2D eigenvalue weighted by molar-refractivity contribution is -0.376. The summed E-state index contributed by atoms with van der Waals surface area (Å²) in [7, 11) is -2.70. The molecule has 2 amide bonds. The van der Waals surface area contributed by atoms with Crippen molar-refractivity contribution in [1.82, 2.24) is 9.62 Å². The van der Waals surface area contributed by atoms with Crippen molar-refractivity contribution < 1.29 is 54.6 Å². The summed E-state index contributed by atoms with van der Waals surface area (Å²) in [6.07, 6.45) is -13.7. The molecule has 0 aliphatic carbocycles. The number of fused-ring (bicyclic) bond motifs is 1. The Morgan fingerprint density at radius 1 is 1.05 bits per heavy atom. The highest BCUT2D eigenvalue weighted by Gasteiger charge is 2.71. The summed E-state index contributed by atoms with van der Waals surface area (Å²) in [6.45, 7) is 1.24. The van der Waals surface area contributed by atoms with Crippen LogP contribution in [0.3, 0.4) is 0 Å². The van der Waals surface area contributed by atoms with Crippen molar-refractivity contribution in [3.8, 4) is 0 Å². The van der Waals surface area contributed by atoms with Gasteiger partial charge in [-0.05, 0) is 48.9 Å². The average Bonchev–Trinajstić information content (AvgIpc) is 3.25. The number of sulfonamides is 1. The molecule has 2 atom stereocenters. The molecule has 1 aliphatic rings. The lowest BCUT2D eigenvalue weighted by Gasteiger charge is -2.32. The van der Waals surface area contributed by atoms with E-state index in [9.17, 15) is 54.6 Å². The third-order valence-corrected chi connectivity index (χ3v) is 7.65. The minimum atomic E-state index is -6.09. The number of amides is 2. The Morgan fingerprint density at radius 2 is 1.62 bits per heavy atom. The van der Waals surface area contributed by atoms with Crippen molar-refractivity contribution in [3.63, 3.8) is 0 Å². The number of hydrogen-bond acceptors (Lipinski definition) is 6. The summed E-state index contributed by atoms with van der Waals surface area (Å²) < 4.78 is 105. The fraction of sp³-hybridized carbons (Fsp3) is 0.391. The van der Waals surface area contributed by atoms with Gasteiger partial charge in [-0.2, -0.15) is 26.3 Å². The van der Waals surface area contributed by atoms with Crippen molar-refractivity contribution in [3.05, 3.63) is 59.2 Å². The van der Waals surface area contributed by atoms with Gasteiger partial charge in [0.1, 0.15) is 12.1 Å². The van der Waals surface area contributed by atoms with Crippen LogP contribution in [0.1, 0.15) is 36.1 Å². The Labute approximate surface area is 218 Å². The van der Waals surface area contributed by atoms with Gasteiger partial charge in [-0.25, -0.2) is 13.1 Å². The molecule has 0 aromatic heterocycles. The molecular formula is C23H23F6N3O6S. The number of aliphatic hydroxyl groups excluding tert-OH is 1. The highest BCUT2D eigenvalue weighted by Crippen LogP contribution is 2.50. The summed E-state index contributed by atoms with van der Waals surface area (Å²) in [4.78, 5) is 26.8. The van der Waals surface area contributed by atoms with Crippen LogP contribution in [-0.4, -0.2) is 60.8 Å². The smallest absolute Gasteiger partial charge is 0.383 e. The van der Waals surface area contributed by atoms with Gasteiger partial charge < -0.3 is 20.4 Å². The van der Waals surface area contributed by atoms with Crippen molar-refractivity contribution >= 4 is 27.5 Å². The van der Waals surface area contributed by atoms with Crippen LogP contribution in [0.4, 0.5) is 32.0 Å². The number of carbonyl (C=O) groups excluding carboxylic acids is 2. The Hall–Kier alpha value is -3.21. The van der Waals surface area contributed by atoms with E-state index < -0.39 is 57.5 Å². The first-order chi connectivity index (χ1) is 17.9. The normalized spacial score (nSPS) is 17.1. The van der Waals surface area contributed by atoms with Crippen LogP contribution in [0.15, 0.2) is 47.4 Å². The Bertz CT molecular complexity index is 1350. The minimum absolute atomic E-state index is 0.0117. The molecule has 214 valence electrons. The summed E-state index contributed by atoms with van der Waals surface area (Å²) in [5, 5.41) is 21.9. The van der Waals surface area contributed by atoms with E-state index in [2.05, 4.69) is 10.0 Å². The second-order valence-corrected chi connectivity index (χ2v) is 10.5. The second-order valence-electron chi connectivity index (χ2n) is 8.63. The zero-order valence-electron chi connectivity index (χ0n) is 20.3. The van der Waals surface area contributed by atoms with E-state index in [1.165, 1.54) is 32.2 Å². The quantitative estimate of drug-likeness (QED) is 0.370. The van der Waals surface area contributed by atoms with Crippen molar-refractivity contribution in [2.24, 2.45) is 0 Å². The molecule has 0 bridgehead atoms. The van der Waals surface area contributed by atoms with Gasteiger partial charge in [-0.1, -0.05) is 25.1 Å². The van der Waals surface area contributed by atoms with Gasteiger partial charge in [0.15, 0.2) is 0 Å². The fourth-order valence-corrected chi connectivity index (χ4v) is 4.84. The first-order valence-electron chi connectivity index (χ1n) is 11.2. The largest absolute Gasteiger partial charge is 0.430 e. The average molecular weight is 584 g/mol. The van der Waals surface area contributed by atoms with Crippen molar-refractivity contribution in [1.29, 1.82) is 0 Å². The maximum absolute atomic E-state index is 13.2. The number of rotatable bonds is 7. The number of benzene rings is 2. The number of halogens is 6. The molecule has 39 heavy (non-hydrogen) atoms. The lowest BCUT2D eigenvalue weighted by Crippen LogP contribution is -2.53. The number of carbonyl (C=O) groups is 2. The molecular weight excluding hydrogens is 560 g/mol. The van der Waals surface area contributed by atoms with Gasteiger partial charge in [-0.15, -0.1) is 0 Å². The molecule has 2 aromatic rings. The number of nitrogens with zero attached hydrogens (tertiary/aromatic N) is 1. The van der Waals surface area contributed by atoms with Crippen LogP contribution in [-0.2, 0) is 31.8 Å². The van der Waals surface area contributed by atoms with E-state index in [1.54, 1.807) is 0 Å². The number of alkyl halides is 6. The summed E-state index contributed by atoms with van der Waals surface area (Å²) in [5.74, 6) is -1.80. The molecule has 1 aliphatic heterocycles. The van der Waals surface area contributed by atoms with Gasteiger partial charge in [0.05, 0.1) is 4.90 Å². The van der Waals surface area contributed by atoms with Crippen LogP contribution in [0, 0.1) is 0 Å². The van der Waals surface area contributed by atoms with E-state index in [0.717, 1.165) is 4.90 Å². The van der Waals surface area contributed by atoms with Gasteiger partial charge in [0, 0.05) is 17.8 Å². The van der Waals surface area contributed by atoms with Crippen molar-refractivity contribution in [2.45, 2.75) is 54.9 Å². The van der Waals surface area contributed by atoms with Gasteiger partial charge >= 0.3 is 12.4 Å². The molecule has 3 rings (SSSR count). The molecule has 0 fully saturated rings. The topological polar surface area (TPSA) is 136 Å². The number of hydrogen-bond donors (Lipinski definition) is 4. The second kappa shape index (κ2) is 10.4. The summed E-state index contributed by atoms with van der Waals surface area (Å²) >= 11 is 0. The predicted octanol–water partition coefficient (Wildman–Crippen LogP) is 2.70. The highest BCUT2D eigenvalue weighted by molar-refractivity contribution is 7.89. The van der Waals surface area contributed by atoms with E-state index >= 15 is 0 Å². The lowest BCUT2D eigenvalue weighted by atomic mass is 9.92. The molecule has 16 heteroatoms. The molecule has 0 saturated heterocycles. The van der Waals surface area contributed by atoms with Crippen LogP contribution >= 0.6 is 0 Å². The van der Waals surface area contributed by atoms with Crippen LogP contribution in [0.2, 0.25) is 0 Å². The predicted molar refractivity (Wildman–Crippen MR) is 123 cm³/mol. The Balaban J connectivity index is 1.97. The Kier molecular flexibility index (Phi) is 8.09. The third kappa shape index (κ3) is 5.46. The maximum atomic E-state index is 13.2. The summed E-state index contributed by atoms with van der Waals surface area (Å²) in [5.41, 5.74) is -6.49. The van der Waals surface area contributed by atoms with E-state index in [1.807, 2.05) is 0 Å². The zero-order valence-corrected chi connectivity index (χ0v) is 21.1. The number of anilines is 1. The monoisotopic (exact) mass is 583 g/mol.